The number of aryl methyl sites for hydroxylation is 2. The van der Waals surface area contributed by atoms with Gasteiger partial charge in [-0.15, -0.1) is 0 Å². The minimum atomic E-state index is 0.0604. The van der Waals surface area contributed by atoms with Crippen LogP contribution >= 0.6 is 0 Å². The van der Waals surface area contributed by atoms with E-state index in [0.717, 1.165) is 29.9 Å². The lowest BCUT2D eigenvalue weighted by Crippen LogP contribution is -2.33. The van der Waals surface area contributed by atoms with Gasteiger partial charge in [0.15, 0.2) is 0 Å². The summed E-state index contributed by atoms with van der Waals surface area (Å²) in [4.78, 5) is 11.9. The molecule has 0 bridgehead atoms. The van der Waals surface area contributed by atoms with Crippen LogP contribution in [0.5, 0.6) is 0 Å². The Hall–Kier alpha value is -2.23. The maximum absolute atomic E-state index is 11.9. The number of amides is 1. The van der Waals surface area contributed by atoms with Crippen molar-refractivity contribution in [2.24, 2.45) is 0 Å². The van der Waals surface area contributed by atoms with Crippen LogP contribution in [-0.2, 0) is 17.6 Å². The SMILES string of the molecule is CC(CCc1ccco1)NC(=O)CCc1ccccc1N. The number of furan rings is 1. The third-order valence-corrected chi connectivity index (χ3v) is 3.49. The molecular weight excluding hydrogens is 264 g/mol. The minimum Gasteiger partial charge on any atom is -0.469 e. The Bertz CT molecular complexity index is 564. The van der Waals surface area contributed by atoms with Crippen molar-refractivity contribution in [3.8, 4) is 0 Å². The van der Waals surface area contributed by atoms with Crippen molar-refractivity contribution in [3.05, 3.63) is 54.0 Å². The molecule has 112 valence electrons. The van der Waals surface area contributed by atoms with Crippen molar-refractivity contribution >= 4 is 11.6 Å². The van der Waals surface area contributed by atoms with E-state index in [2.05, 4.69) is 5.32 Å². The van der Waals surface area contributed by atoms with Gasteiger partial charge in [0, 0.05) is 24.6 Å². The first-order chi connectivity index (χ1) is 10.1. The van der Waals surface area contributed by atoms with Gasteiger partial charge in [-0.1, -0.05) is 18.2 Å². The van der Waals surface area contributed by atoms with Crippen molar-refractivity contribution in [2.45, 2.75) is 38.6 Å². The molecule has 0 spiro atoms. The zero-order valence-electron chi connectivity index (χ0n) is 12.3. The van der Waals surface area contributed by atoms with Crippen molar-refractivity contribution in [2.75, 3.05) is 5.73 Å². The number of hydrogen-bond donors (Lipinski definition) is 2. The summed E-state index contributed by atoms with van der Waals surface area (Å²) in [6, 6.07) is 11.6. The molecule has 2 rings (SSSR count). The Morgan fingerprint density at radius 1 is 1.24 bits per heavy atom. The predicted molar refractivity (Wildman–Crippen MR) is 83.8 cm³/mol. The van der Waals surface area contributed by atoms with Crippen LogP contribution in [0, 0.1) is 0 Å². The number of carbonyl (C=O) groups is 1. The molecular formula is C17H22N2O2. The highest BCUT2D eigenvalue weighted by Gasteiger charge is 2.09. The van der Waals surface area contributed by atoms with Crippen LogP contribution in [0.25, 0.3) is 0 Å². The number of benzene rings is 1. The minimum absolute atomic E-state index is 0.0604. The van der Waals surface area contributed by atoms with Gasteiger partial charge < -0.3 is 15.5 Å². The third kappa shape index (κ3) is 4.99. The summed E-state index contributed by atoms with van der Waals surface area (Å²) < 4.78 is 5.28. The number of anilines is 1. The van der Waals surface area contributed by atoms with E-state index in [-0.39, 0.29) is 11.9 Å². The number of nitrogens with two attached hydrogens (primary N) is 1. The Kier molecular flexibility index (Phi) is 5.43. The Balaban J connectivity index is 1.70. The molecule has 0 radical (unpaired) electrons. The van der Waals surface area contributed by atoms with Gasteiger partial charge in [0.05, 0.1) is 6.26 Å². The molecule has 0 saturated carbocycles. The fourth-order valence-corrected chi connectivity index (χ4v) is 2.24. The zero-order chi connectivity index (χ0) is 15.1. The molecule has 1 amide bonds. The fraction of sp³-hybridized carbons (Fsp3) is 0.353. The highest BCUT2D eigenvalue weighted by molar-refractivity contribution is 5.76. The van der Waals surface area contributed by atoms with E-state index >= 15 is 0 Å². The van der Waals surface area contributed by atoms with Gasteiger partial charge in [-0.05, 0) is 43.5 Å². The van der Waals surface area contributed by atoms with Crippen LogP contribution in [-0.4, -0.2) is 11.9 Å². The first kappa shape index (κ1) is 15.2. The Labute approximate surface area is 125 Å². The summed E-state index contributed by atoms with van der Waals surface area (Å²) in [5.41, 5.74) is 7.64. The van der Waals surface area contributed by atoms with Crippen LogP contribution < -0.4 is 11.1 Å². The van der Waals surface area contributed by atoms with Gasteiger partial charge in [0.2, 0.25) is 5.91 Å². The molecule has 21 heavy (non-hydrogen) atoms. The maximum Gasteiger partial charge on any atom is 0.220 e. The first-order valence-corrected chi connectivity index (χ1v) is 7.30. The van der Waals surface area contributed by atoms with Gasteiger partial charge in [0.1, 0.15) is 5.76 Å². The molecule has 1 aromatic carbocycles. The van der Waals surface area contributed by atoms with E-state index in [1.807, 2.05) is 43.3 Å². The molecule has 4 nitrogen and oxygen atoms in total. The van der Waals surface area contributed by atoms with Gasteiger partial charge in [-0.3, -0.25) is 4.79 Å². The molecule has 0 aliphatic carbocycles. The van der Waals surface area contributed by atoms with Crippen LogP contribution in [0.3, 0.4) is 0 Å². The van der Waals surface area contributed by atoms with Crippen molar-refractivity contribution in [1.29, 1.82) is 0 Å². The Morgan fingerprint density at radius 2 is 2.05 bits per heavy atom. The van der Waals surface area contributed by atoms with Gasteiger partial charge in [-0.2, -0.15) is 0 Å². The molecule has 1 unspecified atom stereocenters. The highest BCUT2D eigenvalue weighted by Crippen LogP contribution is 2.12. The van der Waals surface area contributed by atoms with E-state index in [0.29, 0.717) is 12.8 Å². The number of nitrogen functional groups attached to an aromatic ring is 1. The fourth-order valence-electron chi connectivity index (χ4n) is 2.24. The van der Waals surface area contributed by atoms with Gasteiger partial charge >= 0.3 is 0 Å². The summed E-state index contributed by atoms with van der Waals surface area (Å²) in [5, 5.41) is 3.01. The normalized spacial score (nSPS) is 12.0. The summed E-state index contributed by atoms with van der Waals surface area (Å²) in [6.07, 6.45) is 4.50. The molecule has 1 atom stereocenters. The number of nitrogens with one attached hydrogen (secondary N) is 1. The number of carbonyl (C=O) groups excluding carboxylic acids is 1. The number of para-hydroxylation sites is 1. The van der Waals surface area contributed by atoms with Gasteiger partial charge in [-0.25, -0.2) is 0 Å². The zero-order valence-corrected chi connectivity index (χ0v) is 12.3. The lowest BCUT2D eigenvalue weighted by Gasteiger charge is -2.13. The van der Waals surface area contributed by atoms with E-state index in [4.69, 9.17) is 10.2 Å². The number of hydrogen-bond acceptors (Lipinski definition) is 3. The molecule has 0 aliphatic rings. The Morgan fingerprint density at radius 3 is 2.76 bits per heavy atom. The molecule has 1 aromatic heterocycles. The molecule has 1 heterocycles. The average molecular weight is 286 g/mol. The molecule has 0 saturated heterocycles. The highest BCUT2D eigenvalue weighted by atomic mass is 16.3. The van der Waals surface area contributed by atoms with Crippen molar-refractivity contribution < 1.29 is 9.21 Å². The summed E-state index contributed by atoms with van der Waals surface area (Å²) in [5.74, 6) is 1.01. The number of rotatable bonds is 7. The van der Waals surface area contributed by atoms with Crippen LogP contribution in [0.15, 0.2) is 47.1 Å². The van der Waals surface area contributed by atoms with Crippen molar-refractivity contribution in [3.63, 3.8) is 0 Å². The maximum atomic E-state index is 11.9. The molecule has 0 aliphatic heterocycles. The standard InChI is InChI=1S/C17H22N2O2/c1-13(8-10-15-6-4-12-21-15)19-17(20)11-9-14-5-2-3-7-16(14)18/h2-7,12-13H,8-11,18H2,1H3,(H,19,20). The second-order valence-electron chi connectivity index (χ2n) is 5.29. The summed E-state index contributed by atoms with van der Waals surface area (Å²) in [7, 11) is 0. The third-order valence-electron chi connectivity index (χ3n) is 3.49. The topological polar surface area (TPSA) is 68.3 Å². The lowest BCUT2D eigenvalue weighted by molar-refractivity contribution is -0.121. The second-order valence-corrected chi connectivity index (χ2v) is 5.29. The second kappa shape index (κ2) is 7.53. The molecule has 3 N–H and O–H groups in total. The largest absolute Gasteiger partial charge is 0.469 e. The first-order valence-electron chi connectivity index (χ1n) is 7.30. The predicted octanol–water partition coefficient (Wildman–Crippen LogP) is 2.93. The quantitative estimate of drug-likeness (QED) is 0.769. The monoisotopic (exact) mass is 286 g/mol. The van der Waals surface area contributed by atoms with Crippen LogP contribution in [0.1, 0.15) is 31.1 Å². The van der Waals surface area contributed by atoms with Gasteiger partial charge in [0.25, 0.3) is 0 Å². The summed E-state index contributed by atoms with van der Waals surface area (Å²) >= 11 is 0. The van der Waals surface area contributed by atoms with Crippen LogP contribution in [0.2, 0.25) is 0 Å². The van der Waals surface area contributed by atoms with E-state index in [1.165, 1.54) is 0 Å². The van der Waals surface area contributed by atoms with E-state index < -0.39 is 0 Å². The molecule has 4 heteroatoms. The molecule has 0 fully saturated rings. The molecule has 2 aromatic rings. The van der Waals surface area contributed by atoms with Crippen LogP contribution in [0.4, 0.5) is 5.69 Å². The van der Waals surface area contributed by atoms with E-state index in [9.17, 15) is 4.79 Å². The summed E-state index contributed by atoms with van der Waals surface area (Å²) in [6.45, 7) is 2.01. The van der Waals surface area contributed by atoms with E-state index in [1.54, 1.807) is 6.26 Å². The lowest BCUT2D eigenvalue weighted by atomic mass is 10.1. The smallest absolute Gasteiger partial charge is 0.220 e. The van der Waals surface area contributed by atoms with Crippen molar-refractivity contribution in [1.82, 2.24) is 5.32 Å². The average Bonchev–Trinajstić information content (AvgIpc) is 2.97.